The summed E-state index contributed by atoms with van der Waals surface area (Å²) in [6, 6.07) is 0. The van der Waals surface area contributed by atoms with Crippen molar-refractivity contribution in [1.29, 1.82) is 0 Å². The van der Waals surface area contributed by atoms with Crippen LogP contribution in [0.3, 0.4) is 0 Å². The van der Waals surface area contributed by atoms with Crippen LogP contribution in [0.4, 0.5) is 0 Å². The van der Waals surface area contributed by atoms with Gasteiger partial charge in [0.2, 0.25) is 0 Å². The van der Waals surface area contributed by atoms with Crippen LogP contribution in [0.25, 0.3) is 0 Å². The summed E-state index contributed by atoms with van der Waals surface area (Å²) in [5.74, 6) is 0. The second kappa shape index (κ2) is 3.48. The molecule has 0 fully saturated rings. The highest BCUT2D eigenvalue weighted by molar-refractivity contribution is 4.82. The molecule has 0 heterocycles. The number of aliphatic hydroxyl groups excluding tert-OH is 1. The lowest BCUT2D eigenvalue weighted by molar-refractivity contribution is 0.421. The SMILES string of the molecule is C=C=C[CH]O. The summed E-state index contributed by atoms with van der Waals surface area (Å²) in [5, 5.41) is 7.78. The lowest BCUT2D eigenvalue weighted by atomic mass is 10.7. The van der Waals surface area contributed by atoms with Crippen LogP contribution >= 0.6 is 0 Å². The summed E-state index contributed by atoms with van der Waals surface area (Å²) < 4.78 is 0. The molecule has 0 unspecified atom stereocenters. The molecule has 27 valence electrons. The van der Waals surface area contributed by atoms with Crippen LogP contribution in [0.15, 0.2) is 18.4 Å². The van der Waals surface area contributed by atoms with Crippen LogP contribution < -0.4 is 0 Å². The number of aliphatic hydroxyl groups is 1. The molecule has 0 aliphatic carbocycles. The van der Waals surface area contributed by atoms with Gasteiger partial charge >= 0.3 is 0 Å². The molecule has 0 spiro atoms. The molecular weight excluding hydrogens is 64.0 g/mol. The van der Waals surface area contributed by atoms with Gasteiger partial charge in [0.1, 0.15) is 6.61 Å². The molecule has 1 radical (unpaired) electrons. The Hall–Kier alpha value is -0.520. The Kier molecular flexibility index (Phi) is 3.12. The van der Waals surface area contributed by atoms with Gasteiger partial charge in [-0.3, -0.25) is 0 Å². The molecule has 0 saturated heterocycles. The molecule has 0 saturated carbocycles. The predicted molar refractivity (Wildman–Crippen MR) is 19.9 cm³/mol. The van der Waals surface area contributed by atoms with Gasteiger partial charge in [-0.05, 0) is 6.08 Å². The maximum atomic E-state index is 7.78. The van der Waals surface area contributed by atoms with Crippen LogP contribution in [0.5, 0.6) is 0 Å². The van der Waals surface area contributed by atoms with Gasteiger partial charge in [0.25, 0.3) is 0 Å². The summed E-state index contributed by atoms with van der Waals surface area (Å²) in [6.07, 6.45) is 1.32. The third kappa shape index (κ3) is 3.48. The quantitative estimate of drug-likeness (QED) is 0.453. The minimum absolute atomic E-state index is 0.882. The molecule has 0 aromatic rings. The van der Waals surface area contributed by atoms with Gasteiger partial charge in [0.15, 0.2) is 0 Å². The molecule has 0 bridgehead atoms. The van der Waals surface area contributed by atoms with Crippen molar-refractivity contribution in [2.45, 2.75) is 0 Å². The smallest absolute Gasteiger partial charge is 0.109 e. The van der Waals surface area contributed by atoms with Crippen molar-refractivity contribution in [2.75, 3.05) is 0 Å². The Labute approximate surface area is 31.2 Å². The molecule has 0 rings (SSSR count). The van der Waals surface area contributed by atoms with Gasteiger partial charge < -0.3 is 5.11 Å². The van der Waals surface area contributed by atoms with Crippen molar-refractivity contribution in [2.24, 2.45) is 0 Å². The van der Waals surface area contributed by atoms with Gasteiger partial charge in [-0.15, -0.1) is 5.73 Å². The minimum Gasteiger partial charge on any atom is -0.385 e. The van der Waals surface area contributed by atoms with Crippen molar-refractivity contribution in [3.05, 3.63) is 25.0 Å². The van der Waals surface area contributed by atoms with E-state index in [1.807, 2.05) is 0 Å². The van der Waals surface area contributed by atoms with Crippen LogP contribution in [0, 0.1) is 6.61 Å². The first-order valence-corrected chi connectivity index (χ1v) is 1.23. The van der Waals surface area contributed by atoms with Crippen molar-refractivity contribution >= 4 is 0 Å². The first-order valence-electron chi connectivity index (χ1n) is 1.23. The predicted octanol–water partition coefficient (Wildman–Crippen LogP) is 0.862. The van der Waals surface area contributed by atoms with E-state index < -0.39 is 0 Å². The monoisotopic (exact) mass is 69.0 g/mol. The van der Waals surface area contributed by atoms with Crippen molar-refractivity contribution < 1.29 is 5.11 Å². The van der Waals surface area contributed by atoms with Gasteiger partial charge in [0.05, 0.1) is 0 Å². The van der Waals surface area contributed by atoms with E-state index in [-0.39, 0.29) is 0 Å². The number of hydrogen-bond donors (Lipinski definition) is 1. The highest BCUT2D eigenvalue weighted by atomic mass is 16.2. The molecule has 0 amide bonds. The lowest BCUT2D eigenvalue weighted by Crippen LogP contribution is -1.51. The van der Waals surface area contributed by atoms with Crippen LogP contribution in [0.2, 0.25) is 0 Å². The Morgan fingerprint density at radius 3 is 2.40 bits per heavy atom. The largest absolute Gasteiger partial charge is 0.385 e. The molecule has 0 atom stereocenters. The van der Waals surface area contributed by atoms with Crippen LogP contribution in [0.1, 0.15) is 0 Å². The van der Waals surface area contributed by atoms with E-state index in [0.717, 1.165) is 6.61 Å². The van der Waals surface area contributed by atoms with E-state index in [1.165, 1.54) is 6.08 Å². The van der Waals surface area contributed by atoms with E-state index in [9.17, 15) is 0 Å². The average Bonchev–Trinajstić information content (AvgIpc) is 1.41. The standard InChI is InChI=1S/C4H5O/c1-2-3-4-5/h3-5H,1H2. The number of hydrogen-bond acceptors (Lipinski definition) is 1. The van der Waals surface area contributed by atoms with Gasteiger partial charge in [-0.1, -0.05) is 6.58 Å². The molecule has 1 nitrogen and oxygen atoms in total. The van der Waals surface area contributed by atoms with Gasteiger partial charge in [-0.25, -0.2) is 0 Å². The van der Waals surface area contributed by atoms with E-state index in [1.54, 1.807) is 0 Å². The summed E-state index contributed by atoms with van der Waals surface area (Å²) >= 11 is 0. The summed E-state index contributed by atoms with van der Waals surface area (Å²) in [6.45, 7) is 4.06. The zero-order valence-corrected chi connectivity index (χ0v) is 2.81. The van der Waals surface area contributed by atoms with Crippen molar-refractivity contribution in [3.63, 3.8) is 0 Å². The third-order valence-corrected chi connectivity index (χ3v) is 0.192. The second-order valence-electron chi connectivity index (χ2n) is 0.520. The first-order chi connectivity index (χ1) is 2.41. The van der Waals surface area contributed by atoms with E-state index in [0.29, 0.717) is 0 Å². The third-order valence-electron chi connectivity index (χ3n) is 0.192. The molecule has 0 aromatic heterocycles. The summed E-state index contributed by atoms with van der Waals surface area (Å²) in [5.41, 5.74) is 2.34. The zero-order chi connectivity index (χ0) is 4.12. The molecule has 0 aliphatic heterocycles. The normalized spacial score (nSPS) is 5.80. The lowest BCUT2D eigenvalue weighted by Gasteiger charge is -1.59. The highest BCUT2D eigenvalue weighted by Crippen LogP contribution is 1.61. The van der Waals surface area contributed by atoms with Crippen molar-refractivity contribution in [3.8, 4) is 0 Å². The Morgan fingerprint density at radius 2 is 2.40 bits per heavy atom. The van der Waals surface area contributed by atoms with Gasteiger partial charge in [0, 0.05) is 0 Å². The van der Waals surface area contributed by atoms with Crippen LogP contribution in [-0.2, 0) is 0 Å². The molecule has 5 heavy (non-hydrogen) atoms. The zero-order valence-electron chi connectivity index (χ0n) is 2.81. The van der Waals surface area contributed by atoms with Gasteiger partial charge in [-0.2, -0.15) is 0 Å². The van der Waals surface area contributed by atoms with E-state index >= 15 is 0 Å². The minimum atomic E-state index is 0.882. The van der Waals surface area contributed by atoms with E-state index in [4.69, 9.17) is 5.11 Å². The molecule has 0 aliphatic rings. The molecule has 0 aromatic carbocycles. The highest BCUT2D eigenvalue weighted by Gasteiger charge is 1.51. The van der Waals surface area contributed by atoms with Crippen molar-refractivity contribution in [1.82, 2.24) is 0 Å². The molecular formula is C4H5O. The first kappa shape index (κ1) is 4.48. The summed E-state index contributed by atoms with van der Waals surface area (Å²) in [4.78, 5) is 0. The fraction of sp³-hybridized carbons (Fsp3) is 0. The van der Waals surface area contributed by atoms with E-state index in [2.05, 4.69) is 12.3 Å². The fourth-order valence-electron chi connectivity index (χ4n) is 0.0527. The Balaban J connectivity index is 2.93. The maximum absolute atomic E-state index is 7.78. The topological polar surface area (TPSA) is 20.2 Å². The Bertz CT molecular complexity index is 50.7. The molecule has 1 N–H and O–H groups in total. The second-order valence-corrected chi connectivity index (χ2v) is 0.520. The fourth-order valence-corrected chi connectivity index (χ4v) is 0.0527. The number of rotatable bonds is 1. The average molecular weight is 69.1 g/mol. The van der Waals surface area contributed by atoms with Crippen LogP contribution in [-0.4, -0.2) is 5.11 Å². The maximum Gasteiger partial charge on any atom is 0.109 e. The Morgan fingerprint density at radius 1 is 1.80 bits per heavy atom. The summed E-state index contributed by atoms with van der Waals surface area (Å²) in [7, 11) is 0. The molecule has 1 heteroatoms.